The number of benzene rings is 7. The number of nitrogens with zero attached hydrogens (tertiary/aromatic N) is 1. The predicted octanol–water partition coefficient (Wildman–Crippen LogP) is 12.8. The molecule has 3 nitrogen and oxygen atoms in total. The van der Waals surface area contributed by atoms with Gasteiger partial charge >= 0.3 is 0 Å². The van der Waals surface area contributed by atoms with E-state index >= 15 is 0 Å². The van der Waals surface area contributed by atoms with E-state index in [-0.39, 0.29) is 0 Å². The van der Waals surface area contributed by atoms with Crippen molar-refractivity contribution in [3.63, 3.8) is 0 Å². The summed E-state index contributed by atoms with van der Waals surface area (Å²) in [5.74, 6) is 1.71. The van der Waals surface area contributed by atoms with Gasteiger partial charge in [-0.3, -0.25) is 0 Å². The number of rotatable bonds is 3. The summed E-state index contributed by atoms with van der Waals surface area (Å²) in [5, 5.41) is 3.00. The molecule has 0 N–H and O–H groups in total. The molecule has 0 saturated heterocycles. The highest BCUT2D eigenvalue weighted by atomic mass is 35.5. The Bertz CT molecular complexity index is 2560. The highest BCUT2D eigenvalue weighted by Gasteiger charge is 2.51. The summed E-state index contributed by atoms with van der Waals surface area (Å²) in [7, 11) is 0. The number of anilines is 3. The van der Waals surface area contributed by atoms with Crippen LogP contribution in [0.4, 0.5) is 17.1 Å². The first-order valence-electron chi connectivity index (χ1n) is 15.9. The first kappa shape index (κ1) is 27.6. The van der Waals surface area contributed by atoms with Gasteiger partial charge in [-0.25, -0.2) is 0 Å². The molecule has 0 atom stereocenters. The zero-order chi connectivity index (χ0) is 32.0. The van der Waals surface area contributed by atoms with Gasteiger partial charge in [0.1, 0.15) is 22.7 Å². The molecule has 0 unspecified atom stereocenters. The van der Waals surface area contributed by atoms with Crippen molar-refractivity contribution < 1.29 is 9.15 Å². The zero-order valence-corrected chi connectivity index (χ0v) is 27.0. The maximum atomic E-state index is 7.08. The Morgan fingerprint density at radius 3 is 1.94 bits per heavy atom. The first-order valence-corrected chi connectivity index (χ1v) is 16.7. The lowest BCUT2D eigenvalue weighted by Crippen LogP contribution is -2.32. The third-order valence-corrected chi connectivity index (χ3v) is 10.7. The molecular formula is C43H25Cl2NO2. The quantitative estimate of drug-likeness (QED) is 0.189. The summed E-state index contributed by atoms with van der Waals surface area (Å²) in [6, 6.07) is 52.4. The SMILES string of the molecule is Clc1cccc(N(c2ccc3c(c2)C2(c4ccccc4Oc4ccccc42)c2ccccc2-3)c2cccc3oc4ccccc4c23)c1Cl. The summed E-state index contributed by atoms with van der Waals surface area (Å²) in [6.07, 6.45) is 0. The van der Waals surface area contributed by atoms with Crippen LogP contribution in [0.3, 0.4) is 0 Å². The number of furan rings is 1. The van der Waals surface area contributed by atoms with Crippen LogP contribution in [0.5, 0.6) is 11.5 Å². The van der Waals surface area contributed by atoms with Gasteiger partial charge in [-0.05, 0) is 76.9 Å². The fourth-order valence-electron chi connectivity index (χ4n) is 8.00. The molecule has 0 bridgehead atoms. The van der Waals surface area contributed by atoms with Crippen molar-refractivity contribution in [3.05, 3.63) is 184 Å². The van der Waals surface area contributed by atoms with Gasteiger partial charge in [0.05, 0.1) is 32.2 Å². The second kappa shape index (κ2) is 10.3. The van der Waals surface area contributed by atoms with Crippen LogP contribution in [0.2, 0.25) is 10.0 Å². The minimum atomic E-state index is -0.606. The van der Waals surface area contributed by atoms with Gasteiger partial charge in [0.2, 0.25) is 0 Å². The van der Waals surface area contributed by atoms with Gasteiger partial charge in [-0.1, -0.05) is 120 Å². The summed E-state index contributed by atoms with van der Waals surface area (Å²) >= 11 is 13.8. The maximum Gasteiger partial charge on any atom is 0.137 e. The van der Waals surface area contributed by atoms with Crippen LogP contribution in [0.15, 0.2) is 156 Å². The molecule has 48 heavy (non-hydrogen) atoms. The van der Waals surface area contributed by atoms with Crippen molar-refractivity contribution in [1.29, 1.82) is 0 Å². The van der Waals surface area contributed by atoms with E-state index in [9.17, 15) is 0 Å². The minimum Gasteiger partial charge on any atom is -0.457 e. The predicted molar refractivity (Wildman–Crippen MR) is 196 cm³/mol. The van der Waals surface area contributed by atoms with Gasteiger partial charge in [0.15, 0.2) is 0 Å². The Kier molecular flexibility index (Phi) is 5.90. The second-order valence-corrected chi connectivity index (χ2v) is 13.1. The van der Waals surface area contributed by atoms with Crippen LogP contribution < -0.4 is 9.64 Å². The van der Waals surface area contributed by atoms with Crippen molar-refractivity contribution in [1.82, 2.24) is 0 Å². The molecule has 0 radical (unpaired) electrons. The molecule has 1 aromatic heterocycles. The lowest BCUT2D eigenvalue weighted by molar-refractivity contribution is 0.436. The molecule has 1 spiro atoms. The fourth-order valence-corrected chi connectivity index (χ4v) is 8.38. The molecule has 2 heterocycles. The smallest absolute Gasteiger partial charge is 0.137 e. The summed E-state index contributed by atoms with van der Waals surface area (Å²) in [5.41, 5.74) is 10.7. The molecule has 8 aromatic rings. The average Bonchev–Trinajstić information content (AvgIpc) is 3.65. The second-order valence-electron chi connectivity index (χ2n) is 12.3. The molecule has 0 saturated carbocycles. The van der Waals surface area contributed by atoms with E-state index in [2.05, 4.69) is 95.9 Å². The average molecular weight is 659 g/mol. The molecule has 10 rings (SSSR count). The van der Waals surface area contributed by atoms with E-state index in [1.807, 2.05) is 60.7 Å². The maximum absolute atomic E-state index is 7.08. The van der Waals surface area contributed by atoms with E-state index < -0.39 is 5.41 Å². The molecule has 7 aromatic carbocycles. The number of hydrogen-bond donors (Lipinski definition) is 0. The Hall–Kier alpha value is -5.48. The monoisotopic (exact) mass is 657 g/mol. The number of halogens is 2. The topological polar surface area (TPSA) is 25.6 Å². The largest absolute Gasteiger partial charge is 0.457 e. The van der Waals surface area contributed by atoms with E-state index in [0.29, 0.717) is 10.0 Å². The van der Waals surface area contributed by atoms with Crippen molar-refractivity contribution in [2.24, 2.45) is 0 Å². The van der Waals surface area contributed by atoms with Crippen LogP contribution in [0, 0.1) is 0 Å². The first-order chi connectivity index (χ1) is 23.6. The van der Waals surface area contributed by atoms with Crippen LogP contribution in [0.25, 0.3) is 33.1 Å². The molecule has 0 amide bonds. The molecule has 2 aliphatic rings. The normalized spacial score (nSPS) is 13.5. The van der Waals surface area contributed by atoms with Crippen molar-refractivity contribution in [2.75, 3.05) is 4.90 Å². The third-order valence-electron chi connectivity index (χ3n) is 9.88. The summed E-state index contributed by atoms with van der Waals surface area (Å²) in [6.45, 7) is 0. The number of fused-ring (bicyclic) bond motifs is 12. The molecule has 5 heteroatoms. The van der Waals surface area contributed by atoms with Gasteiger partial charge in [-0.2, -0.15) is 0 Å². The summed E-state index contributed by atoms with van der Waals surface area (Å²) in [4.78, 5) is 2.21. The van der Waals surface area contributed by atoms with E-state index in [4.69, 9.17) is 32.4 Å². The zero-order valence-electron chi connectivity index (χ0n) is 25.5. The van der Waals surface area contributed by atoms with Crippen LogP contribution in [0.1, 0.15) is 22.3 Å². The van der Waals surface area contributed by atoms with Gasteiger partial charge in [0, 0.05) is 22.2 Å². The third kappa shape index (κ3) is 3.66. The van der Waals surface area contributed by atoms with E-state index in [1.165, 1.54) is 22.3 Å². The Morgan fingerprint density at radius 2 is 1.12 bits per heavy atom. The minimum absolute atomic E-state index is 0.476. The highest BCUT2D eigenvalue weighted by Crippen LogP contribution is 2.62. The van der Waals surface area contributed by atoms with Crippen molar-refractivity contribution in [3.8, 4) is 22.6 Å². The van der Waals surface area contributed by atoms with E-state index in [0.717, 1.165) is 61.6 Å². The number of ether oxygens (including phenoxy) is 1. The van der Waals surface area contributed by atoms with E-state index in [1.54, 1.807) is 0 Å². The number of hydrogen-bond acceptors (Lipinski definition) is 3. The molecule has 1 aliphatic carbocycles. The summed E-state index contributed by atoms with van der Waals surface area (Å²) < 4.78 is 12.9. The Labute approximate surface area is 287 Å². The Morgan fingerprint density at radius 1 is 0.500 bits per heavy atom. The molecule has 0 fully saturated rings. The Balaban J connectivity index is 1.32. The standard InChI is InChI=1S/C43H25Cl2NO2/c44-34-16-9-18-36(42(34)45)46(35-17-10-22-40-41(35)29-12-2-6-19-37(29)47-40)26-23-24-28-27-11-1-3-13-30(27)43(33(28)25-26)31-14-4-7-20-38(31)48-39-21-8-5-15-32(39)43/h1-25H. The van der Waals surface area contributed by atoms with Gasteiger partial charge < -0.3 is 14.1 Å². The van der Waals surface area contributed by atoms with Crippen LogP contribution in [-0.4, -0.2) is 0 Å². The molecular weight excluding hydrogens is 633 g/mol. The lowest BCUT2D eigenvalue weighted by Gasteiger charge is -2.39. The van der Waals surface area contributed by atoms with Crippen molar-refractivity contribution >= 4 is 62.2 Å². The van der Waals surface area contributed by atoms with Gasteiger partial charge in [0.25, 0.3) is 0 Å². The van der Waals surface area contributed by atoms with Crippen LogP contribution >= 0.6 is 23.2 Å². The molecule has 1 aliphatic heterocycles. The highest BCUT2D eigenvalue weighted by molar-refractivity contribution is 6.44. The van der Waals surface area contributed by atoms with Gasteiger partial charge in [-0.15, -0.1) is 0 Å². The van der Waals surface area contributed by atoms with Crippen molar-refractivity contribution in [2.45, 2.75) is 5.41 Å². The molecule has 228 valence electrons. The fraction of sp³-hybridized carbons (Fsp3) is 0.0233. The van der Waals surface area contributed by atoms with Crippen LogP contribution in [-0.2, 0) is 5.41 Å². The number of para-hydroxylation sites is 3. The lowest BCUT2D eigenvalue weighted by atomic mass is 9.66.